The SMILES string of the molecule is c1ccc2c(c1)sc1cc3ccc(N(c4ccc(-c5ccc(-c6ccncc6)cc5)cc4)c4ccc5cc6sc7ccccc7c6cc5c4)cc3cc12. The summed E-state index contributed by atoms with van der Waals surface area (Å²) in [5.41, 5.74) is 8.11. The number of pyridine rings is 1. The molecule has 2 nitrogen and oxygen atoms in total. The van der Waals surface area contributed by atoms with Crippen molar-refractivity contribution >= 4 is 102 Å². The molecule has 0 N–H and O–H groups in total. The van der Waals surface area contributed by atoms with Crippen molar-refractivity contribution in [2.75, 3.05) is 4.90 Å². The average Bonchev–Trinajstić information content (AvgIpc) is 3.77. The lowest BCUT2D eigenvalue weighted by atomic mass is 10.00. The van der Waals surface area contributed by atoms with Gasteiger partial charge in [-0.3, -0.25) is 4.98 Å². The van der Waals surface area contributed by atoms with Gasteiger partial charge < -0.3 is 4.90 Å². The van der Waals surface area contributed by atoms with Crippen molar-refractivity contribution in [2.45, 2.75) is 0 Å². The van der Waals surface area contributed by atoms with Crippen LogP contribution in [0.4, 0.5) is 17.1 Å². The first-order chi connectivity index (χ1) is 26.2. The third kappa shape index (κ3) is 5.18. The van der Waals surface area contributed by atoms with Gasteiger partial charge in [0.05, 0.1) is 0 Å². The van der Waals surface area contributed by atoms with Crippen LogP contribution in [0.15, 0.2) is 182 Å². The lowest BCUT2D eigenvalue weighted by Gasteiger charge is -2.26. The Labute approximate surface area is 314 Å². The molecule has 11 aromatic rings. The Morgan fingerprint density at radius 3 is 1.26 bits per heavy atom. The molecule has 0 unspecified atom stereocenters. The highest BCUT2D eigenvalue weighted by Gasteiger charge is 2.16. The number of thiophene rings is 2. The van der Waals surface area contributed by atoms with E-state index in [1.807, 2.05) is 47.2 Å². The van der Waals surface area contributed by atoms with E-state index in [4.69, 9.17) is 0 Å². The number of hydrogen-bond donors (Lipinski definition) is 0. The van der Waals surface area contributed by atoms with Gasteiger partial charge in [0.2, 0.25) is 0 Å². The molecule has 0 saturated heterocycles. The van der Waals surface area contributed by atoms with Gasteiger partial charge >= 0.3 is 0 Å². The van der Waals surface area contributed by atoms with Crippen LogP contribution in [0.1, 0.15) is 0 Å². The van der Waals surface area contributed by atoms with Crippen LogP contribution in [0.3, 0.4) is 0 Å². The number of nitrogens with zero attached hydrogens (tertiary/aromatic N) is 2. The molecule has 3 heterocycles. The fourth-order valence-corrected chi connectivity index (χ4v) is 10.1. The van der Waals surface area contributed by atoms with Crippen molar-refractivity contribution in [3.05, 3.63) is 182 Å². The van der Waals surface area contributed by atoms with E-state index in [1.54, 1.807) is 0 Å². The van der Waals surface area contributed by atoms with Crippen molar-refractivity contribution in [3.63, 3.8) is 0 Å². The molecule has 8 aromatic carbocycles. The summed E-state index contributed by atoms with van der Waals surface area (Å²) in [5, 5.41) is 10.3. The molecule has 3 aromatic heterocycles. The van der Waals surface area contributed by atoms with E-state index in [-0.39, 0.29) is 0 Å². The molecule has 4 heteroatoms. The average molecular weight is 711 g/mol. The van der Waals surface area contributed by atoms with Gasteiger partial charge in [-0.1, -0.05) is 84.9 Å². The van der Waals surface area contributed by atoms with E-state index in [9.17, 15) is 0 Å². The third-order valence-electron chi connectivity index (χ3n) is 10.5. The molecule has 0 saturated carbocycles. The van der Waals surface area contributed by atoms with Crippen molar-refractivity contribution in [3.8, 4) is 22.3 Å². The Morgan fingerprint density at radius 2 is 0.755 bits per heavy atom. The third-order valence-corrected chi connectivity index (χ3v) is 12.8. The summed E-state index contributed by atoms with van der Waals surface area (Å²) in [7, 11) is 0. The molecule has 0 radical (unpaired) electrons. The van der Waals surface area contributed by atoms with Crippen molar-refractivity contribution < 1.29 is 0 Å². The second-order valence-corrected chi connectivity index (χ2v) is 15.8. The molecule has 248 valence electrons. The topological polar surface area (TPSA) is 16.1 Å². The number of rotatable bonds is 5. The van der Waals surface area contributed by atoms with Crippen LogP contribution < -0.4 is 4.90 Å². The smallest absolute Gasteiger partial charge is 0.0468 e. The number of aromatic nitrogens is 1. The van der Waals surface area contributed by atoms with Gasteiger partial charge in [-0.15, -0.1) is 22.7 Å². The fourth-order valence-electron chi connectivity index (χ4n) is 7.84. The van der Waals surface area contributed by atoms with Crippen LogP contribution >= 0.6 is 22.7 Å². The predicted molar refractivity (Wildman–Crippen MR) is 231 cm³/mol. The second-order valence-electron chi connectivity index (χ2n) is 13.7. The Morgan fingerprint density at radius 1 is 0.321 bits per heavy atom. The molecule has 0 amide bonds. The molecule has 0 aliphatic carbocycles. The standard InChI is InChI=1S/C49H30N2S2/c1-3-7-46-42(5-1)44-27-37-25-40(19-15-35(37)29-48(44)52-46)51(39-17-13-33(14-18-39)31-9-11-32(12-10-31)34-21-23-50-24-22-34)41-20-16-36-30-49-45(28-38(36)26-41)43-6-2-4-8-47(43)53-49/h1-30H. The lowest BCUT2D eigenvalue weighted by molar-refractivity contribution is 1.29. The molecular weight excluding hydrogens is 681 g/mol. The largest absolute Gasteiger partial charge is 0.310 e. The van der Waals surface area contributed by atoms with Crippen LogP contribution in [0, 0.1) is 0 Å². The summed E-state index contributed by atoms with van der Waals surface area (Å²) in [4.78, 5) is 6.57. The summed E-state index contributed by atoms with van der Waals surface area (Å²) >= 11 is 3.74. The molecule has 0 spiro atoms. The molecule has 0 fully saturated rings. The number of fused-ring (bicyclic) bond motifs is 8. The van der Waals surface area contributed by atoms with E-state index in [0.717, 1.165) is 17.1 Å². The van der Waals surface area contributed by atoms with Crippen LogP contribution in [0.5, 0.6) is 0 Å². The van der Waals surface area contributed by atoms with Gasteiger partial charge in [0.1, 0.15) is 0 Å². The predicted octanol–water partition coefficient (Wildman–Crippen LogP) is 14.9. The van der Waals surface area contributed by atoms with Gasteiger partial charge in [0, 0.05) is 69.8 Å². The van der Waals surface area contributed by atoms with Crippen LogP contribution in [-0.2, 0) is 0 Å². The fraction of sp³-hybridized carbons (Fsp3) is 0. The molecule has 0 bridgehead atoms. The van der Waals surface area contributed by atoms with Gasteiger partial charge in [-0.05, 0) is 129 Å². The van der Waals surface area contributed by atoms with Crippen molar-refractivity contribution in [2.24, 2.45) is 0 Å². The first kappa shape index (κ1) is 30.3. The summed E-state index contributed by atoms with van der Waals surface area (Å²) in [6, 6.07) is 62.6. The van der Waals surface area contributed by atoms with Gasteiger partial charge in [0.15, 0.2) is 0 Å². The Kier molecular flexibility index (Phi) is 6.94. The van der Waals surface area contributed by atoms with Gasteiger partial charge in [-0.2, -0.15) is 0 Å². The van der Waals surface area contributed by atoms with Crippen molar-refractivity contribution in [1.82, 2.24) is 4.98 Å². The summed E-state index contributed by atoms with van der Waals surface area (Å²) in [5.74, 6) is 0. The Bertz CT molecular complexity index is 3000. The minimum absolute atomic E-state index is 1.12. The Hall–Kier alpha value is -6.33. The first-order valence-corrected chi connectivity index (χ1v) is 19.5. The lowest BCUT2D eigenvalue weighted by Crippen LogP contribution is -2.09. The van der Waals surface area contributed by atoms with E-state index in [0.29, 0.717) is 0 Å². The number of anilines is 3. The zero-order valence-corrected chi connectivity index (χ0v) is 30.2. The highest BCUT2D eigenvalue weighted by molar-refractivity contribution is 7.26. The van der Waals surface area contributed by atoms with E-state index in [1.165, 1.54) is 84.1 Å². The van der Waals surface area contributed by atoms with E-state index >= 15 is 0 Å². The van der Waals surface area contributed by atoms with Gasteiger partial charge in [-0.25, -0.2) is 0 Å². The molecule has 53 heavy (non-hydrogen) atoms. The van der Waals surface area contributed by atoms with Crippen LogP contribution in [0.2, 0.25) is 0 Å². The second kappa shape index (κ2) is 12.1. The maximum atomic E-state index is 4.17. The van der Waals surface area contributed by atoms with Crippen LogP contribution in [-0.4, -0.2) is 4.98 Å². The minimum Gasteiger partial charge on any atom is -0.310 e. The number of benzene rings is 8. The zero-order chi connectivity index (χ0) is 34.9. The summed E-state index contributed by atoms with van der Waals surface area (Å²) in [6.45, 7) is 0. The quantitative estimate of drug-likeness (QED) is 0.177. The molecule has 11 rings (SSSR count). The summed E-state index contributed by atoms with van der Waals surface area (Å²) in [6.07, 6.45) is 3.68. The molecule has 0 aliphatic heterocycles. The summed E-state index contributed by atoms with van der Waals surface area (Å²) < 4.78 is 5.31. The van der Waals surface area contributed by atoms with E-state index < -0.39 is 0 Å². The van der Waals surface area contributed by atoms with Gasteiger partial charge in [0.25, 0.3) is 0 Å². The molecule has 0 atom stereocenters. The van der Waals surface area contributed by atoms with Crippen molar-refractivity contribution in [1.29, 1.82) is 0 Å². The highest BCUT2D eigenvalue weighted by Crippen LogP contribution is 2.43. The maximum Gasteiger partial charge on any atom is 0.0468 e. The Balaban J connectivity index is 1.05. The zero-order valence-electron chi connectivity index (χ0n) is 28.5. The first-order valence-electron chi connectivity index (χ1n) is 17.8. The molecule has 0 aliphatic rings. The monoisotopic (exact) mass is 710 g/mol. The van der Waals surface area contributed by atoms with Crippen LogP contribution in [0.25, 0.3) is 84.1 Å². The highest BCUT2D eigenvalue weighted by atomic mass is 32.1. The maximum absolute atomic E-state index is 4.17. The molecular formula is C49H30N2S2. The normalized spacial score (nSPS) is 11.8. The minimum atomic E-state index is 1.12. The van der Waals surface area contributed by atoms with E-state index in [2.05, 4.69) is 168 Å². The number of hydrogen-bond acceptors (Lipinski definition) is 4.